The summed E-state index contributed by atoms with van der Waals surface area (Å²) in [7, 11) is 1.78. The lowest BCUT2D eigenvalue weighted by Crippen LogP contribution is -2.46. The Morgan fingerprint density at radius 2 is 1.97 bits per heavy atom. The first-order chi connectivity index (χ1) is 15.1. The van der Waals surface area contributed by atoms with Crippen LogP contribution in [0.25, 0.3) is 11.1 Å². The highest BCUT2D eigenvalue weighted by Crippen LogP contribution is 2.51. The van der Waals surface area contributed by atoms with Crippen molar-refractivity contribution in [3.63, 3.8) is 0 Å². The van der Waals surface area contributed by atoms with Gasteiger partial charge in [0.2, 0.25) is 5.91 Å². The molecule has 0 radical (unpaired) electrons. The third-order valence-electron chi connectivity index (χ3n) is 5.52. The number of nitrogens with zero attached hydrogens (tertiary/aromatic N) is 1. The van der Waals surface area contributed by atoms with Crippen molar-refractivity contribution in [2.75, 3.05) is 26.7 Å². The summed E-state index contributed by atoms with van der Waals surface area (Å²) in [5.41, 5.74) is 1.28. The zero-order valence-corrected chi connectivity index (χ0v) is 17.8. The molecule has 2 aromatic rings. The normalized spacial score (nSPS) is 22.4. The molecule has 0 aromatic heterocycles. The summed E-state index contributed by atoms with van der Waals surface area (Å²) in [5.74, 6) is 1.56. The Hall–Kier alpha value is -2.60. The van der Waals surface area contributed by atoms with Crippen LogP contribution in [0.2, 0.25) is 0 Å². The number of hydrogen-bond donors (Lipinski definition) is 2. The number of rotatable bonds is 5. The predicted molar refractivity (Wildman–Crippen MR) is 117 cm³/mol. The molecule has 1 heterocycles. The molecule has 0 spiro atoms. The van der Waals surface area contributed by atoms with E-state index in [1.165, 1.54) is 30.3 Å². The van der Waals surface area contributed by atoms with Crippen LogP contribution in [0.3, 0.4) is 0 Å². The van der Waals surface area contributed by atoms with E-state index in [2.05, 4.69) is 21.4 Å². The fourth-order valence-electron chi connectivity index (χ4n) is 3.97. The van der Waals surface area contributed by atoms with E-state index < -0.39 is 11.6 Å². The molecule has 2 fully saturated rings. The van der Waals surface area contributed by atoms with Crippen molar-refractivity contribution in [2.24, 2.45) is 5.92 Å². The van der Waals surface area contributed by atoms with Crippen molar-refractivity contribution < 1.29 is 18.3 Å². The van der Waals surface area contributed by atoms with Crippen LogP contribution in [-0.4, -0.2) is 43.7 Å². The molecule has 2 aliphatic rings. The van der Waals surface area contributed by atoms with E-state index in [9.17, 15) is 13.6 Å². The first-order valence-electron chi connectivity index (χ1n) is 10.1. The second kappa shape index (κ2) is 9.69. The molecular weight excluding hydrogens is 420 g/mol. The van der Waals surface area contributed by atoms with Crippen LogP contribution in [0, 0.1) is 29.5 Å². The monoisotopic (exact) mass is 443 g/mol. The molecule has 0 bridgehead atoms. The van der Waals surface area contributed by atoms with Crippen molar-refractivity contribution in [1.82, 2.24) is 14.3 Å². The van der Waals surface area contributed by atoms with E-state index in [1.807, 2.05) is 12.1 Å². The Bertz CT molecular complexity index is 1000. The van der Waals surface area contributed by atoms with E-state index in [1.54, 1.807) is 24.1 Å². The zero-order valence-electron chi connectivity index (χ0n) is 17.0. The molecule has 1 aliphatic carbocycles. The van der Waals surface area contributed by atoms with E-state index in [-0.39, 0.29) is 29.4 Å². The van der Waals surface area contributed by atoms with Gasteiger partial charge in [0.05, 0.1) is 18.7 Å². The molecule has 2 N–H and O–H groups in total. The maximum Gasteiger partial charge on any atom is 0.226 e. The van der Waals surface area contributed by atoms with Crippen molar-refractivity contribution in [2.45, 2.75) is 18.4 Å². The molecule has 1 unspecified atom stereocenters. The van der Waals surface area contributed by atoms with Gasteiger partial charge in [-0.2, -0.15) is 0 Å². The highest BCUT2D eigenvalue weighted by molar-refractivity contribution is 7.95. The minimum absolute atomic E-state index is 0.0372. The first kappa shape index (κ1) is 21.6. The van der Waals surface area contributed by atoms with Crippen molar-refractivity contribution in [1.29, 1.82) is 0 Å². The van der Waals surface area contributed by atoms with Crippen LogP contribution in [0.5, 0.6) is 0 Å². The summed E-state index contributed by atoms with van der Waals surface area (Å²) in [6.07, 6.45) is 0.319. The molecule has 162 valence electrons. The number of amides is 1. The van der Waals surface area contributed by atoms with E-state index in [4.69, 9.17) is 4.74 Å². The molecule has 3 atom stereocenters. The van der Waals surface area contributed by atoms with Crippen LogP contribution < -0.4 is 9.44 Å². The van der Waals surface area contributed by atoms with Crippen LogP contribution in [-0.2, 0) is 9.53 Å². The molecule has 5 nitrogen and oxygen atoms in total. The average molecular weight is 444 g/mol. The second-order valence-electron chi connectivity index (χ2n) is 7.45. The Balaban J connectivity index is 1.47. The van der Waals surface area contributed by atoms with Gasteiger partial charge >= 0.3 is 0 Å². The van der Waals surface area contributed by atoms with Crippen LogP contribution in [0.15, 0.2) is 42.5 Å². The quantitative estimate of drug-likeness (QED) is 0.322. The lowest BCUT2D eigenvalue weighted by molar-refractivity contribution is -0.138. The Morgan fingerprint density at radius 1 is 1.19 bits per heavy atom. The van der Waals surface area contributed by atoms with Crippen LogP contribution in [0.1, 0.15) is 17.9 Å². The molecule has 1 saturated heterocycles. The Morgan fingerprint density at radius 3 is 2.74 bits per heavy atom. The molecule has 1 amide bonds. The smallest absolute Gasteiger partial charge is 0.226 e. The topological polar surface area (TPSA) is 53.6 Å². The number of carbonyl (C=O) groups is 1. The summed E-state index contributed by atoms with van der Waals surface area (Å²) in [5, 5.41) is 0. The van der Waals surface area contributed by atoms with E-state index >= 15 is 0 Å². The van der Waals surface area contributed by atoms with Gasteiger partial charge in [-0.15, -0.1) is 0 Å². The summed E-state index contributed by atoms with van der Waals surface area (Å²) >= 11 is 1.25. The van der Waals surface area contributed by atoms with Gasteiger partial charge in [0.1, 0.15) is 17.7 Å². The molecule has 1 aliphatic heterocycles. The van der Waals surface area contributed by atoms with Gasteiger partial charge in [-0.3, -0.25) is 9.52 Å². The molecule has 2 aromatic carbocycles. The minimum Gasteiger partial charge on any atom is -0.362 e. The van der Waals surface area contributed by atoms with Gasteiger partial charge in [0.15, 0.2) is 0 Å². The largest absolute Gasteiger partial charge is 0.362 e. The van der Waals surface area contributed by atoms with Gasteiger partial charge in [0.25, 0.3) is 0 Å². The number of halogens is 2. The van der Waals surface area contributed by atoms with Crippen LogP contribution >= 0.6 is 12.1 Å². The van der Waals surface area contributed by atoms with Crippen molar-refractivity contribution in [3.05, 3.63) is 59.7 Å². The number of benzene rings is 2. The number of hydrogen-bond acceptors (Lipinski definition) is 5. The average Bonchev–Trinajstić information content (AvgIpc) is 3.57. The summed E-state index contributed by atoms with van der Waals surface area (Å²) in [6, 6.07) is 13.8. The fourth-order valence-corrected chi connectivity index (χ4v) is 4.18. The van der Waals surface area contributed by atoms with Crippen molar-refractivity contribution in [3.8, 4) is 23.1 Å². The van der Waals surface area contributed by atoms with E-state index in [0.717, 1.165) is 5.56 Å². The highest BCUT2D eigenvalue weighted by Gasteiger charge is 2.47. The van der Waals surface area contributed by atoms with Crippen molar-refractivity contribution >= 4 is 18.0 Å². The van der Waals surface area contributed by atoms with E-state index in [0.29, 0.717) is 31.7 Å². The van der Waals surface area contributed by atoms with Gasteiger partial charge in [-0.1, -0.05) is 30.3 Å². The lowest BCUT2D eigenvalue weighted by atomic mass is 9.95. The van der Waals surface area contributed by atoms with Gasteiger partial charge in [0, 0.05) is 30.6 Å². The third kappa shape index (κ3) is 4.85. The second-order valence-corrected chi connectivity index (χ2v) is 8.27. The lowest BCUT2D eigenvalue weighted by Gasteiger charge is -2.30. The maximum atomic E-state index is 14.4. The minimum atomic E-state index is -0.601. The van der Waals surface area contributed by atoms with Gasteiger partial charge < -0.3 is 9.64 Å². The van der Waals surface area contributed by atoms with Gasteiger partial charge in [-0.05, 0) is 48.6 Å². The molecule has 8 heteroatoms. The SMILES string of the molecule is CNSNC#CC1CN(C(=O)[C@@H]2C[C@H]2c2ccccc2-c2c(F)cccc2F)CCO1. The standard InChI is InChI=1S/C23H23F2N3O2S/c1-26-31-27-10-9-15-14-28(11-12-30-15)23(29)19-13-18(19)16-5-2-3-6-17(16)22-20(24)7-4-8-21(22)25/h2-8,15,18-19,26-27H,11-14H2,1H3/t15?,18-,19+/m0/s1. The molecule has 1 saturated carbocycles. The summed E-state index contributed by atoms with van der Waals surface area (Å²) in [6.45, 7) is 1.35. The third-order valence-corrected chi connectivity index (χ3v) is 5.92. The molecular formula is C23H23F2N3O2S. The fraction of sp³-hybridized carbons (Fsp3) is 0.348. The maximum absolute atomic E-state index is 14.4. The highest BCUT2D eigenvalue weighted by atomic mass is 32.2. The number of ether oxygens (including phenoxy) is 1. The first-order valence-corrected chi connectivity index (χ1v) is 10.9. The molecule has 4 rings (SSSR count). The summed E-state index contributed by atoms with van der Waals surface area (Å²) < 4.78 is 40.1. The van der Waals surface area contributed by atoms with Crippen LogP contribution in [0.4, 0.5) is 8.78 Å². The predicted octanol–water partition coefficient (Wildman–Crippen LogP) is 3.30. The zero-order chi connectivity index (χ0) is 21.8. The molecule has 31 heavy (non-hydrogen) atoms. The summed E-state index contributed by atoms with van der Waals surface area (Å²) in [4.78, 5) is 14.9. The number of carbonyl (C=O) groups excluding carboxylic acids is 1. The number of nitrogens with one attached hydrogen (secondary N) is 2. The number of morpholine rings is 1. The Labute approximate surface area is 184 Å². The van der Waals surface area contributed by atoms with Gasteiger partial charge in [-0.25, -0.2) is 13.5 Å². The Kier molecular flexibility index (Phi) is 6.76.